The van der Waals surface area contributed by atoms with E-state index in [0.717, 1.165) is 16.2 Å². The van der Waals surface area contributed by atoms with Crippen LogP contribution in [0.25, 0.3) is 98.1 Å². The molecule has 0 radical (unpaired) electrons. The van der Waals surface area contributed by atoms with Crippen molar-refractivity contribution in [3.8, 4) is 22.3 Å². The molecule has 10 aromatic rings. The first-order valence-electron chi connectivity index (χ1n) is 22.6. The largest absolute Gasteiger partial charge is 0.456 e. The lowest BCUT2D eigenvalue weighted by molar-refractivity contribution is 0.669. The number of benzene rings is 9. The fraction of sp³-hybridized carbons (Fsp3) is 0. The van der Waals surface area contributed by atoms with Crippen molar-refractivity contribution >= 4 is 75.8 Å². The summed E-state index contributed by atoms with van der Waals surface area (Å²) in [5, 5.41) is 0.744. The van der Waals surface area contributed by atoms with Gasteiger partial charge in [0.15, 0.2) is 0 Å². The maximum Gasteiger partial charge on any atom is 0.136 e. The molecule has 0 saturated heterocycles. The van der Waals surface area contributed by atoms with Crippen LogP contribution in [-0.4, -0.2) is 0 Å². The quantitative estimate of drug-likeness (QED) is 0.145. The fourth-order valence-corrected chi connectivity index (χ4v) is 6.48. The van der Waals surface area contributed by atoms with Gasteiger partial charge in [-0.1, -0.05) is 133 Å². The lowest BCUT2D eigenvalue weighted by Crippen LogP contribution is -1.92. The first-order chi connectivity index (χ1) is 29.4. The van der Waals surface area contributed by atoms with E-state index in [1.165, 1.54) is 0 Å². The Hall–Kier alpha value is -5.92. The third-order valence-electron chi connectivity index (χ3n) is 8.36. The third-order valence-corrected chi connectivity index (χ3v) is 8.36. The van der Waals surface area contributed by atoms with Crippen molar-refractivity contribution < 1.29 is 27.7 Å². The van der Waals surface area contributed by atoms with Gasteiger partial charge >= 0.3 is 0 Å². The van der Waals surface area contributed by atoms with Crippen LogP contribution in [0.15, 0.2) is 162 Å². The highest BCUT2D eigenvalue weighted by atomic mass is 16.3. The summed E-state index contributed by atoms with van der Waals surface area (Å²) in [6.07, 6.45) is 0. The maximum absolute atomic E-state index is 9.89. The molecule has 0 unspecified atom stereocenters. The lowest BCUT2D eigenvalue weighted by Gasteiger charge is -2.19. The van der Waals surface area contributed by atoms with Crippen LogP contribution in [0.1, 0.15) is 23.3 Å². The highest BCUT2D eigenvalue weighted by Gasteiger charge is 2.20. The SMILES string of the molecule is [2H]c1c(-c2c3c([2H])c([2H])c([2H])c([2H])c3c(-c3cc4ccccc4c4ccccc34)c3c([2H])c([2H])c([2H])c([2H])c23)c([2H])c2c(oc3c([2H])c([2H])c4c([2H])c([2H])c([2H])c([2H])c4c32)c1[2H]. The topological polar surface area (TPSA) is 13.1 Å². The van der Waals surface area contributed by atoms with Gasteiger partial charge in [-0.05, 0) is 100 Å². The second kappa shape index (κ2) is 9.29. The van der Waals surface area contributed by atoms with Gasteiger partial charge in [-0.2, -0.15) is 0 Å². The molecule has 1 heteroatoms. The van der Waals surface area contributed by atoms with Gasteiger partial charge in [-0.25, -0.2) is 0 Å². The van der Waals surface area contributed by atoms with Crippen molar-refractivity contribution in [2.75, 3.05) is 0 Å². The van der Waals surface area contributed by atoms with E-state index in [4.69, 9.17) is 18.1 Å². The fourth-order valence-electron chi connectivity index (χ4n) is 6.48. The molecular weight excluding hydrogens is 544 g/mol. The van der Waals surface area contributed by atoms with Crippen LogP contribution in [0.5, 0.6) is 0 Å². The number of fused-ring (bicyclic) bond motifs is 10. The molecule has 10 rings (SSSR count). The summed E-state index contributed by atoms with van der Waals surface area (Å²) >= 11 is 0. The summed E-state index contributed by atoms with van der Waals surface area (Å²) in [5.74, 6) is 0. The molecule has 1 aromatic heterocycles. The molecule has 0 atom stereocenters. The minimum Gasteiger partial charge on any atom is -0.456 e. The molecule has 0 spiro atoms. The van der Waals surface area contributed by atoms with E-state index in [2.05, 4.69) is 0 Å². The summed E-state index contributed by atoms with van der Waals surface area (Å²) in [7, 11) is 0. The molecule has 0 aliphatic carbocycles. The predicted molar refractivity (Wildman–Crippen MR) is 192 cm³/mol. The van der Waals surface area contributed by atoms with Crippen LogP contribution in [0, 0.1) is 0 Å². The van der Waals surface area contributed by atoms with Gasteiger partial charge in [0, 0.05) is 10.8 Å². The van der Waals surface area contributed by atoms with Crippen LogP contribution in [0.4, 0.5) is 0 Å². The first-order valence-corrected chi connectivity index (χ1v) is 14.1. The second-order valence-electron chi connectivity index (χ2n) is 10.7. The van der Waals surface area contributed by atoms with E-state index >= 15 is 0 Å². The van der Waals surface area contributed by atoms with E-state index in [9.17, 15) is 9.60 Å². The Bertz CT molecular complexity index is 3700. The minimum atomic E-state index is -0.739. The van der Waals surface area contributed by atoms with Crippen molar-refractivity contribution in [3.63, 3.8) is 0 Å². The van der Waals surface area contributed by atoms with Crippen LogP contribution in [0.3, 0.4) is 0 Å². The number of hydrogen-bond acceptors (Lipinski definition) is 1. The van der Waals surface area contributed by atoms with Gasteiger partial charge in [0.1, 0.15) is 11.2 Å². The molecule has 0 fully saturated rings. The number of hydrogen-bond donors (Lipinski definition) is 0. The van der Waals surface area contributed by atoms with Gasteiger partial charge in [0.05, 0.1) is 23.3 Å². The normalized spacial score (nSPS) is 17.3. The summed E-state index contributed by atoms with van der Waals surface area (Å²) in [6, 6.07) is 5.34. The number of furan rings is 1. The zero-order chi connectivity index (χ0) is 44.3. The van der Waals surface area contributed by atoms with Crippen molar-refractivity contribution in [1.82, 2.24) is 0 Å². The molecule has 208 valence electrons. The van der Waals surface area contributed by atoms with E-state index in [1.54, 1.807) is 18.2 Å². The molecule has 0 N–H and O–H groups in total. The molecule has 0 saturated carbocycles. The smallest absolute Gasteiger partial charge is 0.136 e. The standard InChI is InChI=1S/C44H26O/c1-4-14-31-27(11-1)21-24-41-44(31)39-26-29(22-23-40(39)45-41)42-34-17-7-9-19-36(34)43(37-20-10-8-18-35(37)42)38-25-28-12-2-3-13-30(28)32-15-5-6-16-33(32)38/h1-26H/i1D,4D,7D,8D,9D,10D,11D,14D,17D,18D,19D,20D,21D,22D,23D,24D,26D. The molecule has 45 heavy (non-hydrogen) atoms. The Labute approximate surface area is 283 Å². The number of rotatable bonds is 2. The van der Waals surface area contributed by atoms with Gasteiger partial charge < -0.3 is 4.42 Å². The van der Waals surface area contributed by atoms with E-state index < -0.39 is 119 Å². The Morgan fingerprint density at radius 3 is 1.78 bits per heavy atom. The Morgan fingerprint density at radius 2 is 1.02 bits per heavy atom. The Kier molecular flexibility index (Phi) is 2.76. The Morgan fingerprint density at radius 1 is 0.422 bits per heavy atom. The predicted octanol–water partition coefficient (Wildman–Crippen LogP) is 12.7. The second-order valence-corrected chi connectivity index (χ2v) is 10.7. The van der Waals surface area contributed by atoms with Crippen molar-refractivity contribution in [3.05, 3.63) is 157 Å². The molecular formula is C44H26O. The van der Waals surface area contributed by atoms with Gasteiger partial charge in [-0.3, -0.25) is 0 Å². The van der Waals surface area contributed by atoms with Crippen molar-refractivity contribution in [1.29, 1.82) is 0 Å². The molecule has 0 aliphatic rings. The summed E-state index contributed by atoms with van der Waals surface area (Å²) < 4.78 is 160. The summed E-state index contributed by atoms with van der Waals surface area (Å²) in [4.78, 5) is 0. The van der Waals surface area contributed by atoms with Crippen LogP contribution < -0.4 is 0 Å². The molecule has 1 nitrogen and oxygen atoms in total. The average molecular weight is 588 g/mol. The van der Waals surface area contributed by atoms with Crippen LogP contribution in [-0.2, 0) is 0 Å². The van der Waals surface area contributed by atoms with E-state index in [0.29, 0.717) is 10.9 Å². The van der Waals surface area contributed by atoms with Crippen molar-refractivity contribution in [2.45, 2.75) is 0 Å². The van der Waals surface area contributed by atoms with Crippen LogP contribution in [0.2, 0.25) is 0 Å². The van der Waals surface area contributed by atoms with Gasteiger partial charge in [0.25, 0.3) is 0 Å². The zero-order valence-corrected chi connectivity index (χ0v) is 23.1. The van der Waals surface area contributed by atoms with E-state index in [1.807, 2.05) is 36.4 Å². The summed E-state index contributed by atoms with van der Waals surface area (Å²) in [5.41, 5.74) is -1.30. The van der Waals surface area contributed by atoms with Crippen LogP contribution >= 0.6 is 0 Å². The average Bonchev–Trinajstić information content (AvgIpc) is 3.68. The molecule has 0 bridgehead atoms. The monoisotopic (exact) mass is 587 g/mol. The lowest BCUT2D eigenvalue weighted by atomic mass is 9.83. The van der Waals surface area contributed by atoms with E-state index in [-0.39, 0.29) is 54.2 Å². The third kappa shape index (κ3) is 3.50. The van der Waals surface area contributed by atoms with Crippen molar-refractivity contribution in [2.24, 2.45) is 0 Å². The molecule has 0 aliphatic heterocycles. The molecule has 9 aromatic carbocycles. The summed E-state index contributed by atoms with van der Waals surface area (Å²) in [6.45, 7) is 0. The Balaban J connectivity index is 1.53. The van der Waals surface area contributed by atoms with Gasteiger partial charge in [0.2, 0.25) is 0 Å². The maximum atomic E-state index is 9.89. The zero-order valence-electron chi connectivity index (χ0n) is 40.1. The highest BCUT2D eigenvalue weighted by molar-refractivity contribution is 6.26. The highest BCUT2D eigenvalue weighted by Crippen LogP contribution is 2.47. The van der Waals surface area contributed by atoms with Gasteiger partial charge in [-0.15, -0.1) is 0 Å². The molecule has 0 amide bonds. The first kappa shape index (κ1) is 13.4. The minimum absolute atomic E-state index is 0.0440. The molecule has 1 heterocycles.